The van der Waals surface area contributed by atoms with E-state index in [4.69, 9.17) is 5.73 Å². The minimum absolute atomic E-state index is 0.0201. The van der Waals surface area contributed by atoms with Gasteiger partial charge in [-0.25, -0.2) is 0 Å². The zero-order chi connectivity index (χ0) is 16.4. The number of amides is 2. The molecule has 6 nitrogen and oxygen atoms in total. The maximum atomic E-state index is 12.2. The molecule has 0 bridgehead atoms. The van der Waals surface area contributed by atoms with E-state index in [1.54, 1.807) is 6.92 Å². The van der Waals surface area contributed by atoms with Crippen LogP contribution in [0.1, 0.15) is 46.5 Å². The smallest absolute Gasteiger partial charge is 0.239 e. The molecule has 0 aromatic heterocycles. The van der Waals surface area contributed by atoms with Crippen LogP contribution in [-0.2, 0) is 9.59 Å². The zero-order valence-corrected chi connectivity index (χ0v) is 14.2. The average molecular weight is 310 g/mol. The molecule has 0 aromatic carbocycles. The van der Waals surface area contributed by atoms with Gasteiger partial charge in [0.05, 0.1) is 18.1 Å². The molecular weight excluding hydrogens is 280 g/mol. The van der Waals surface area contributed by atoms with Gasteiger partial charge in [-0.1, -0.05) is 0 Å². The van der Waals surface area contributed by atoms with Crippen molar-refractivity contribution in [3.05, 3.63) is 0 Å². The summed E-state index contributed by atoms with van der Waals surface area (Å²) in [7, 11) is 2.14. The number of hydrogen-bond donors (Lipinski definition) is 2. The lowest BCUT2D eigenvalue weighted by molar-refractivity contribution is -0.133. The van der Waals surface area contributed by atoms with Crippen molar-refractivity contribution in [2.45, 2.75) is 76.7 Å². The maximum absolute atomic E-state index is 12.2. The lowest BCUT2D eigenvalue weighted by atomic mass is 9.84. The van der Waals surface area contributed by atoms with E-state index >= 15 is 0 Å². The highest BCUT2D eigenvalue weighted by molar-refractivity contribution is 5.84. The van der Waals surface area contributed by atoms with Crippen LogP contribution in [-0.4, -0.2) is 65.4 Å². The zero-order valence-electron chi connectivity index (χ0n) is 14.2. The molecule has 2 fully saturated rings. The molecule has 0 aromatic rings. The van der Waals surface area contributed by atoms with Crippen LogP contribution in [0.4, 0.5) is 0 Å². The Labute approximate surface area is 133 Å². The predicted octanol–water partition coefficient (Wildman–Crippen LogP) is 0.312. The number of hydrogen-bond acceptors (Lipinski definition) is 4. The summed E-state index contributed by atoms with van der Waals surface area (Å²) < 4.78 is 0. The fourth-order valence-electron chi connectivity index (χ4n) is 3.77. The van der Waals surface area contributed by atoms with Gasteiger partial charge in [0.1, 0.15) is 0 Å². The molecule has 2 rings (SSSR count). The topological polar surface area (TPSA) is 78.7 Å². The first kappa shape index (κ1) is 17.2. The molecule has 1 aliphatic heterocycles. The fraction of sp³-hybridized carbons (Fsp3) is 0.875. The van der Waals surface area contributed by atoms with Crippen LogP contribution in [0.3, 0.4) is 0 Å². The average Bonchev–Trinajstić information content (AvgIpc) is 2.77. The van der Waals surface area contributed by atoms with Crippen LogP contribution in [0.15, 0.2) is 0 Å². The normalized spacial score (nSPS) is 32.9. The molecule has 4 atom stereocenters. The third-order valence-corrected chi connectivity index (χ3v) is 5.25. The third-order valence-electron chi connectivity index (χ3n) is 5.25. The summed E-state index contributed by atoms with van der Waals surface area (Å²) in [5.74, 6) is 0.00908. The van der Waals surface area contributed by atoms with Gasteiger partial charge in [-0.2, -0.15) is 0 Å². The monoisotopic (exact) mass is 310 g/mol. The quantitative estimate of drug-likeness (QED) is 0.783. The molecule has 3 N–H and O–H groups in total. The highest BCUT2D eigenvalue weighted by Gasteiger charge is 2.41. The largest absolute Gasteiger partial charge is 0.351 e. The molecule has 1 saturated heterocycles. The summed E-state index contributed by atoms with van der Waals surface area (Å²) in [5, 5.41) is 3.07. The Hall–Kier alpha value is -1.14. The standard InChI is InChI=1S/C16H30N4O2/c1-10(2)19(4)12-5-6-15(14(9-12)18-11(3)21)20-8-7-13(17)16(20)22/h10,12-15H,5-9,17H2,1-4H3,(H,18,21)/t12-,13+,14-,15?/m1/s1. The molecule has 2 amide bonds. The minimum atomic E-state index is -0.367. The molecule has 6 heteroatoms. The number of carbonyl (C=O) groups is 2. The Balaban J connectivity index is 2.10. The molecule has 22 heavy (non-hydrogen) atoms. The number of nitrogens with zero attached hydrogens (tertiary/aromatic N) is 2. The van der Waals surface area contributed by atoms with Gasteiger partial charge in [0, 0.05) is 25.6 Å². The molecule has 0 spiro atoms. The summed E-state index contributed by atoms with van der Waals surface area (Å²) in [6.07, 6.45) is 3.58. The molecule has 126 valence electrons. The van der Waals surface area contributed by atoms with Crippen molar-refractivity contribution >= 4 is 11.8 Å². The van der Waals surface area contributed by atoms with Crippen molar-refractivity contribution < 1.29 is 9.59 Å². The lowest BCUT2D eigenvalue weighted by Crippen LogP contribution is -2.58. The van der Waals surface area contributed by atoms with Gasteiger partial charge < -0.3 is 20.9 Å². The van der Waals surface area contributed by atoms with E-state index in [9.17, 15) is 9.59 Å². The van der Waals surface area contributed by atoms with Crippen LogP contribution in [0.5, 0.6) is 0 Å². The molecule has 1 saturated carbocycles. The first-order chi connectivity index (χ1) is 10.3. The van der Waals surface area contributed by atoms with E-state index in [-0.39, 0.29) is 29.9 Å². The van der Waals surface area contributed by atoms with Crippen LogP contribution >= 0.6 is 0 Å². The lowest BCUT2D eigenvalue weighted by Gasteiger charge is -2.44. The molecule has 1 heterocycles. The van der Waals surface area contributed by atoms with Crippen LogP contribution in [0, 0.1) is 0 Å². The first-order valence-corrected chi connectivity index (χ1v) is 8.36. The Morgan fingerprint density at radius 1 is 1.36 bits per heavy atom. The molecule has 1 aliphatic carbocycles. The SMILES string of the molecule is CC(=O)N[C@@H]1C[C@H](N(C)C(C)C)CCC1N1CC[C@H](N)C1=O. The van der Waals surface area contributed by atoms with Crippen molar-refractivity contribution in [1.29, 1.82) is 0 Å². The van der Waals surface area contributed by atoms with E-state index in [1.807, 2.05) is 4.90 Å². The summed E-state index contributed by atoms with van der Waals surface area (Å²) in [4.78, 5) is 28.1. The Bertz CT molecular complexity index is 426. The Kier molecular flexibility index (Phi) is 5.45. The number of nitrogens with one attached hydrogen (secondary N) is 1. The van der Waals surface area contributed by atoms with Gasteiger partial charge in [0.2, 0.25) is 11.8 Å². The fourth-order valence-corrected chi connectivity index (χ4v) is 3.77. The first-order valence-electron chi connectivity index (χ1n) is 8.36. The summed E-state index contributed by atoms with van der Waals surface area (Å²) in [6.45, 7) is 6.63. The van der Waals surface area contributed by atoms with E-state index in [0.29, 0.717) is 18.6 Å². The van der Waals surface area contributed by atoms with Crippen molar-refractivity contribution in [2.24, 2.45) is 5.73 Å². The van der Waals surface area contributed by atoms with Crippen molar-refractivity contribution in [1.82, 2.24) is 15.1 Å². The van der Waals surface area contributed by atoms with Crippen LogP contribution in [0.25, 0.3) is 0 Å². The second kappa shape index (κ2) is 6.96. The summed E-state index contributed by atoms with van der Waals surface area (Å²) in [6, 6.07) is 0.656. The minimum Gasteiger partial charge on any atom is -0.351 e. The second-order valence-electron chi connectivity index (χ2n) is 7.03. The Morgan fingerprint density at radius 2 is 2.05 bits per heavy atom. The number of likely N-dealkylation sites (tertiary alicyclic amines) is 1. The molecular formula is C16H30N4O2. The van der Waals surface area contributed by atoms with Gasteiger partial charge in [0.25, 0.3) is 0 Å². The van der Waals surface area contributed by atoms with E-state index < -0.39 is 0 Å². The van der Waals surface area contributed by atoms with Gasteiger partial charge in [-0.15, -0.1) is 0 Å². The summed E-state index contributed by atoms with van der Waals surface area (Å²) in [5.41, 5.74) is 5.85. The van der Waals surface area contributed by atoms with Crippen molar-refractivity contribution in [2.75, 3.05) is 13.6 Å². The van der Waals surface area contributed by atoms with Gasteiger partial charge in [0.15, 0.2) is 0 Å². The van der Waals surface area contributed by atoms with Crippen LogP contribution in [0.2, 0.25) is 0 Å². The van der Waals surface area contributed by atoms with E-state index in [2.05, 4.69) is 31.1 Å². The predicted molar refractivity (Wildman–Crippen MR) is 86.2 cm³/mol. The molecule has 2 aliphatic rings. The second-order valence-corrected chi connectivity index (χ2v) is 7.03. The van der Waals surface area contributed by atoms with E-state index in [0.717, 1.165) is 25.7 Å². The van der Waals surface area contributed by atoms with Gasteiger partial charge in [-0.05, 0) is 46.6 Å². The number of rotatable bonds is 4. The maximum Gasteiger partial charge on any atom is 0.239 e. The highest BCUT2D eigenvalue weighted by Crippen LogP contribution is 2.29. The van der Waals surface area contributed by atoms with Gasteiger partial charge in [-0.3, -0.25) is 9.59 Å². The van der Waals surface area contributed by atoms with Crippen molar-refractivity contribution in [3.8, 4) is 0 Å². The summed E-state index contributed by atoms with van der Waals surface area (Å²) >= 11 is 0. The highest BCUT2D eigenvalue weighted by atomic mass is 16.2. The van der Waals surface area contributed by atoms with Crippen molar-refractivity contribution in [3.63, 3.8) is 0 Å². The molecule has 1 unspecified atom stereocenters. The Morgan fingerprint density at radius 3 is 2.55 bits per heavy atom. The number of carbonyl (C=O) groups excluding carboxylic acids is 2. The van der Waals surface area contributed by atoms with E-state index in [1.165, 1.54) is 0 Å². The van der Waals surface area contributed by atoms with Crippen LogP contribution < -0.4 is 11.1 Å². The third kappa shape index (κ3) is 3.60. The number of nitrogens with two attached hydrogens (primary N) is 1. The van der Waals surface area contributed by atoms with Gasteiger partial charge >= 0.3 is 0 Å². The molecule has 0 radical (unpaired) electrons.